The number of carbonyl (C=O) groups excluding carboxylic acids is 1. The fourth-order valence-corrected chi connectivity index (χ4v) is 1.06. The van der Waals surface area contributed by atoms with Crippen molar-refractivity contribution in [3.05, 3.63) is 35.4 Å². The Kier molecular flexibility index (Phi) is 4.41. The lowest BCUT2D eigenvalue weighted by atomic mass is 10.1. The number of carbonyl (C=O) groups is 1. The largest absolute Gasteiger partial charge is 0.545 e. The van der Waals surface area contributed by atoms with Crippen LogP contribution < -0.4 is 15.8 Å². The second-order valence-electron chi connectivity index (χ2n) is 2.82. The van der Waals surface area contributed by atoms with E-state index in [2.05, 4.69) is 15.8 Å². The van der Waals surface area contributed by atoms with E-state index in [9.17, 15) is 9.90 Å². The lowest BCUT2D eigenvalue weighted by molar-refractivity contribution is -0.255. The maximum Gasteiger partial charge on any atom is 0.186 e. The summed E-state index contributed by atoms with van der Waals surface area (Å²) >= 11 is 4.79. The van der Waals surface area contributed by atoms with Crippen molar-refractivity contribution in [2.75, 3.05) is 7.05 Å². The minimum Gasteiger partial charge on any atom is -0.545 e. The molecule has 1 rings (SSSR count). The molecule has 0 aliphatic heterocycles. The van der Waals surface area contributed by atoms with Crippen molar-refractivity contribution in [3.63, 3.8) is 0 Å². The number of nitrogens with one attached hydrogen (secondary N) is 2. The second kappa shape index (κ2) is 5.82. The van der Waals surface area contributed by atoms with E-state index in [0.29, 0.717) is 10.7 Å². The van der Waals surface area contributed by atoms with Crippen molar-refractivity contribution < 1.29 is 9.90 Å². The number of rotatable bonds is 3. The molecule has 0 unspecified atom stereocenters. The van der Waals surface area contributed by atoms with Gasteiger partial charge in [-0.05, 0) is 12.2 Å². The van der Waals surface area contributed by atoms with Crippen LogP contribution in [0.15, 0.2) is 29.4 Å². The zero-order chi connectivity index (χ0) is 12.0. The molecule has 0 radical (unpaired) electrons. The minimum absolute atomic E-state index is 0.0865. The van der Waals surface area contributed by atoms with Crippen molar-refractivity contribution >= 4 is 29.5 Å². The molecule has 6 heteroatoms. The number of nitrogens with zero attached hydrogens (tertiary/aromatic N) is 1. The molecule has 0 fully saturated rings. The molecule has 1 aromatic rings. The molecule has 0 saturated heterocycles. The Hall–Kier alpha value is -1.95. The molecule has 0 aliphatic rings. The van der Waals surface area contributed by atoms with Crippen LogP contribution in [-0.4, -0.2) is 24.3 Å². The first-order chi connectivity index (χ1) is 7.65. The highest BCUT2D eigenvalue weighted by molar-refractivity contribution is 7.80. The highest BCUT2D eigenvalue weighted by atomic mass is 32.1. The van der Waals surface area contributed by atoms with Crippen LogP contribution in [0.1, 0.15) is 15.9 Å². The first kappa shape index (κ1) is 12.1. The molecule has 0 saturated carbocycles. The SMILES string of the molecule is CNC(=S)N/N=C/c1ccccc1C(=O)[O-]. The molecule has 0 aliphatic carbocycles. The summed E-state index contributed by atoms with van der Waals surface area (Å²) in [5, 5.41) is 17.5. The normalized spacial score (nSPS) is 10.1. The lowest BCUT2D eigenvalue weighted by Crippen LogP contribution is -2.28. The predicted molar refractivity (Wildman–Crippen MR) is 63.2 cm³/mol. The van der Waals surface area contributed by atoms with Crippen molar-refractivity contribution in [3.8, 4) is 0 Å². The first-order valence-electron chi connectivity index (χ1n) is 4.46. The number of aromatic carboxylic acids is 1. The number of carboxylic acid groups (broad SMARTS) is 1. The summed E-state index contributed by atoms with van der Waals surface area (Å²) < 4.78 is 0. The Bertz CT molecular complexity index is 432. The zero-order valence-corrected chi connectivity index (χ0v) is 9.38. The number of hydrogen-bond acceptors (Lipinski definition) is 4. The molecule has 16 heavy (non-hydrogen) atoms. The molecular formula is C10H10N3O2S-. The average molecular weight is 236 g/mol. The van der Waals surface area contributed by atoms with Gasteiger partial charge in [0.25, 0.3) is 0 Å². The molecule has 0 aromatic heterocycles. The van der Waals surface area contributed by atoms with Crippen LogP contribution in [0.25, 0.3) is 0 Å². The van der Waals surface area contributed by atoms with E-state index in [1.165, 1.54) is 12.3 Å². The van der Waals surface area contributed by atoms with E-state index in [0.717, 1.165) is 0 Å². The monoisotopic (exact) mass is 236 g/mol. The predicted octanol–water partition coefficient (Wildman–Crippen LogP) is -0.522. The molecular weight excluding hydrogens is 226 g/mol. The quantitative estimate of drug-likeness (QED) is 0.419. The van der Waals surface area contributed by atoms with Gasteiger partial charge in [-0.25, -0.2) is 0 Å². The van der Waals surface area contributed by atoms with Gasteiger partial charge in [0.1, 0.15) is 0 Å². The van der Waals surface area contributed by atoms with Crippen molar-refractivity contribution in [2.45, 2.75) is 0 Å². The Morgan fingerprint density at radius 2 is 2.19 bits per heavy atom. The van der Waals surface area contributed by atoms with Crippen LogP contribution >= 0.6 is 12.2 Å². The highest BCUT2D eigenvalue weighted by Crippen LogP contribution is 2.04. The van der Waals surface area contributed by atoms with Gasteiger partial charge in [0, 0.05) is 18.2 Å². The highest BCUT2D eigenvalue weighted by Gasteiger charge is 1.99. The molecule has 0 amide bonds. The summed E-state index contributed by atoms with van der Waals surface area (Å²) in [4.78, 5) is 10.7. The number of hydrazone groups is 1. The summed E-state index contributed by atoms with van der Waals surface area (Å²) in [5.41, 5.74) is 3.06. The smallest absolute Gasteiger partial charge is 0.186 e. The Labute approximate surface area is 98.2 Å². The molecule has 0 atom stereocenters. The maximum absolute atomic E-state index is 10.7. The minimum atomic E-state index is -1.24. The summed E-state index contributed by atoms with van der Waals surface area (Å²) in [6.07, 6.45) is 1.37. The molecule has 0 heterocycles. The number of hydrogen-bond donors (Lipinski definition) is 2. The van der Waals surface area contributed by atoms with Crippen molar-refractivity contribution in [1.82, 2.24) is 10.7 Å². The second-order valence-corrected chi connectivity index (χ2v) is 3.23. The molecule has 2 N–H and O–H groups in total. The van der Waals surface area contributed by atoms with Crippen molar-refractivity contribution in [2.24, 2.45) is 5.10 Å². The summed E-state index contributed by atoms with van der Waals surface area (Å²) in [5.74, 6) is -1.24. The van der Waals surface area contributed by atoms with Crippen LogP contribution in [0.4, 0.5) is 0 Å². The van der Waals surface area contributed by atoms with Gasteiger partial charge in [0.05, 0.1) is 12.2 Å². The third-order valence-corrected chi connectivity index (χ3v) is 2.07. The lowest BCUT2D eigenvalue weighted by Gasteiger charge is -2.05. The standard InChI is InChI=1S/C10H11N3O2S/c1-11-10(16)13-12-6-7-4-2-3-5-8(7)9(14)15/h2-6H,1H3,(H,14,15)(H2,11,13,16)/p-1/b12-6+. The van der Waals surface area contributed by atoms with Gasteiger partial charge in [0.15, 0.2) is 5.11 Å². The fraction of sp³-hybridized carbons (Fsp3) is 0.100. The van der Waals surface area contributed by atoms with E-state index >= 15 is 0 Å². The van der Waals surface area contributed by atoms with E-state index in [1.807, 2.05) is 0 Å². The maximum atomic E-state index is 10.7. The first-order valence-corrected chi connectivity index (χ1v) is 4.87. The topological polar surface area (TPSA) is 76.5 Å². The van der Waals surface area contributed by atoms with Crippen LogP contribution in [0.5, 0.6) is 0 Å². The Morgan fingerprint density at radius 3 is 2.81 bits per heavy atom. The van der Waals surface area contributed by atoms with E-state index in [-0.39, 0.29) is 5.56 Å². The van der Waals surface area contributed by atoms with Crippen LogP contribution in [0.3, 0.4) is 0 Å². The average Bonchev–Trinajstić information content (AvgIpc) is 2.29. The molecule has 0 spiro atoms. The van der Waals surface area contributed by atoms with Gasteiger partial charge in [0.2, 0.25) is 0 Å². The number of thiocarbonyl (C=S) groups is 1. The third-order valence-electron chi connectivity index (χ3n) is 1.78. The zero-order valence-electron chi connectivity index (χ0n) is 8.56. The summed E-state index contributed by atoms with van der Waals surface area (Å²) in [6.45, 7) is 0. The van der Waals surface area contributed by atoms with E-state index in [4.69, 9.17) is 12.2 Å². The number of carboxylic acids is 1. The van der Waals surface area contributed by atoms with Crippen LogP contribution in [0, 0.1) is 0 Å². The summed E-state index contributed by atoms with van der Waals surface area (Å²) in [7, 11) is 1.65. The van der Waals surface area contributed by atoms with E-state index in [1.54, 1.807) is 25.2 Å². The van der Waals surface area contributed by atoms with Gasteiger partial charge in [-0.2, -0.15) is 5.10 Å². The number of benzene rings is 1. The van der Waals surface area contributed by atoms with Crippen LogP contribution in [-0.2, 0) is 0 Å². The Balaban J connectivity index is 2.80. The van der Waals surface area contributed by atoms with Gasteiger partial charge >= 0.3 is 0 Å². The molecule has 5 nitrogen and oxygen atoms in total. The summed E-state index contributed by atoms with van der Waals surface area (Å²) in [6, 6.07) is 6.41. The third kappa shape index (κ3) is 3.32. The molecule has 0 bridgehead atoms. The van der Waals surface area contributed by atoms with Gasteiger partial charge < -0.3 is 15.2 Å². The van der Waals surface area contributed by atoms with Crippen LogP contribution in [0.2, 0.25) is 0 Å². The van der Waals surface area contributed by atoms with Crippen molar-refractivity contribution in [1.29, 1.82) is 0 Å². The molecule has 84 valence electrons. The van der Waals surface area contributed by atoms with Gasteiger partial charge in [-0.3, -0.25) is 5.43 Å². The van der Waals surface area contributed by atoms with Gasteiger partial charge in [-0.1, -0.05) is 24.3 Å². The molecule has 1 aromatic carbocycles. The fourth-order valence-electron chi connectivity index (χ4n) is 1.01. The Morgan fingerprint density at radius 1 is 1.50 bits per heavy atom. The van der Waals surface area contributed by atoms with Gasteiger partial charge in [-0.15, -0.1) is 0 Å². The van der Waals surface area contributed by atoms with E-state index < -0.39 is 5.97 Å².